The second-order valence-corrected chi connectivity index (χ2v) is 10.1. The number of methoxy groups -OCH3 is 1. The summed E-state index contributed by atoms with van der Waals surface area (Å²) in [6.45, 7) is 0.167. The van der Waals surface area contributed by atoms with Crippen LogP contribution in [0.3, 0.4) is 0 Å². The summed E-state index contributed by atoms with van der Waals surface area (Å²) in [5, 5.41) is 44.4. The number of rotatable bonds is 11. The van der Waals surface area contributed by atoms with E-state index in [1.165, 1.54) is 31.4 Å². The lowest BCUT2D eigenvalue weighted by atomic mass is 9.97. The molecule has 0 aliphatic heterocycles. The van der Waals surface area contributed by atoms with Gasteiger partial charge in [0.2, 0.25) is 15.8 Å². The molecule has 188 valence electrons. The largest absolute Gasteiger partial charge is 0.506 e. The molecule has 0 saturated heterocycles. The van der Waals surface area contributed by atoms with E-state index >= 15 is 0 Å². The maximum atomic E-state index is 11.5. The van der Waals surface area contributed by atoms with Crippen LogP contribution in [0.4, 0.5) is 5.69 Å². The van der Waals surface area contributed by atoms with Gasteiger partial charge in [-0.25, -0.2) is 8.42 Å². The van der Waals surface area contributed by atoms with Crippen molar-refractivity contribution in [3.05, 3.63) is 77.4 Å². The van der Waals surface area contributed by atoms with Crippen molar-refractivity contribution in [1.82, 2.24) is 5.32 Å². The number of phenolic OH excluding ortho intramolecular Hbond substituents is 3. The van der Waals surface area contributed by atoms with Gasteiger partial charge in [-0.15, -0.1) is 0 Å². The Morgan fingerprint density at radius 1 is 0.886 bits per heavy atom. The molecule has 0 aliphatic carbocycles. The van der Waals surface area contributed by atoms with Crippen molar-refractivity contribution in [3.8, 4) is 23.0 Å². The lowest BCUT2D eigenvalue weighted by Gasteiger charge is -2.23. The number of nitrogens with one attached hydrogen (secondary N) is 2. The van der Waals surface area contributed by atoms with Crippen LogP contribution in [0.2, 0.25) is 0 Å². The van der Waals surface area contributed by atoms with Gasteiger partial charge in [-0.05, 0) is 53.8 Å². The Morgan fingerprint density at radius 3 is 2.14 bits per heavy atom. The lowest BCUT2D eigenvalue weighted by Crippen LogP contribution is -2.32. The van der Waals surface area contributed by atoms with Crippen molar-refractivity contribution in [2.75, 3.05) is 24.6 Å². The fraction of sp³-hybridized carbons (Fsp3) is 0.280. The molecular weight excluding hydrogens is 472 g/mol. The Balaban J connectivity index is 1.75. The van der Waals surface area contributed by atoms with Crippen LogP contribution in [0.1, 0.15) is 22.7 Å². The Morgan fingerprint density at radius 2 is 1.54 bits per heavy atom. The highest BCUT2D eigenvalue weighted by atomic mass is 32.2. The molecule has 6 N–H and O–H groups in total. The first kappa shape index (κ1) is 26.1. The van der Waals surface area contributed by atoms with Crippen molar-refractivity contribution in [1.29, 1.82) is 0 Å². The highest BCUT2D eigenvalue weighted by molar-refractivity contribution is 7.92. The molecule has 9 nitrogen and oxygen atoms in total. The van der Waals surface area contributed by atoms with Gasteiger partial charge >= 0.3 is 0 Å². The summed E-state index contributed by atoms with van der Waals surface area (Å²) in [6, 6.07) is 16.8. The molecule has 0 aromatic heterocycles. The van der Waals surface area contributed by atoms with Gasteiger partial charge in [0.1, 0.15) is 5.75 Å². The number of ether oxygens (including phenoxy) is 1. The zero-order valence-electron chi connectivity index (χ0n) is 19.5. The molecule has 0 amide bonds. The average Bonchev–Trinajstić information content (AvgIpc) is 2.78. The first-order valence-corrected chi connectivity index (χ1v) is 12.8. The minimum absolute atomic E-state index is 0.0157. The predicted octanol–water partition coefficient (Wildman–Crippen LogP) is 2.66. The van der Waals surface area contributed by atoms with Crippen molar-refractivity contribution in [2.45, 2.75) is 25.0 Å². The lowest BCUT2D eigenvalue weighted by molar-refractivity contribution is 0.167. The average molecular weight is 503 g/mol. The number of anilines is 1. The second-order valence-electron chi connectivity index (χ2n) is 8.33. The third kappa shape index (κ3) is 7.51. The summed E-state index contributed by atoms with van der Waals surface area (Å²) in [7, 11) is -2.22. The Hall–Kier alpha value is -3.47. The standard InChI is InChI=1S/C25H30N2O7S/c1-34-25-23(30)13-18(14-24(25)31)20(11-16-6-4-3-5-7-16)26-15-19(28)10-17-8-9-22(29)21(12-17)27-35(2,32)33/h3-9,12-14,19-20,26-31H,10-11,15H2,1-2H3. The molecule has 35 heavy (non-hydrogen) atoms. The second kappa shape index (κ2) is 11.3. The van der Waals surface area contributed by atoms with E-state index in [1.54, 1.807) is 6.07 Å². The van der Waals surface area contributed by atoms with Crippen LogP contribution in [-0.2, 0) is 22.9 Å². The number of benzene rings is 3. The van der Waals surface area contributed by atoms with Gasteiger partial charge in [-0.3, -0.25) is 4.72 Å². The molecule has 0 radical (unpaired) electrons. The Bertz CT molecular complexity index is 1230. The van der Waals surface area contributed by atoms with Crippen LogP contribution in [0.25, 0.3) is 0 Å². The molecule has 10 heteroatoms. The van der Waals surface area contributed by atoms with E-state index in [0.29, 0.717) is 17.5 Å². The monoisotopic (exact) mass is 502 g/mol. The van der Waals surface area contributed by atoms with E-state index in [4.69, 9.17) is 4.74 Å². The van der Waals surface area contributed by atoms with Crippen molar-refractivity contribution in [3.63, 3.8) is 0 Å². The first-order valence-electron chi connectivity index (χ1n) is 10.9. The zero-order chi connectivity index (χ0) is 25.6. The van der Waals surface area contributed by atoms with E-state index in [9.17, 15) is 28.8 Å². The summed E-state index contributed by atoms with van der Waals surface area (Å²) in [4.78, 5) is 0. The quantitative estimate of drug-likeness (QED) is 0.219. The number of hydrogen-bond donors (Lipinski definition) is 6. The summed E-state index contributed by atoms with van der Waals surface area (Å²) >= 11 is 0. The molecule has 0 aliphatic rings. The minimum Gasteiger partial charge on any atom is -0.506 e. The molecular formula is C25H30N2O7S. The van der Waals surface area contributed by atoms with Crippen molar-refractivity contribution in [2.24, 2.45) is 0 Å². The van der Waals surface area contributed by atoms with Crippen LogP contribution in [0, 0.1) is 0 Å². The van der Waals surface area contributed by atoms with Crippen molar-refractivity contribution < 1.29 is 33.6 Å². The molecule has 3 rings (SSSR count). The molecule has 0 heterocycles. The third-order valence-electron chi connectivity index (χ3n) is 5.39. The molecule has 0 spiro atoms. The minimum atomic E-state index is -3.57. The van der Waals surface area contributed by atoms with Gasteiger partial charge in [0.05, 0.1) is 25.2 Å². The normalized spacial score (nSPS) is 13.2. The van der Waals surface area contributed by atoms with E-state index in [2.05, 4.69) is 10.0 Å². The number of aromatic hydroxyl groups is 3. The highest BCUT2D eigenvalue weighted by Crippen LogP contribution is 2.38. The maximum absolute atomic E-state index is 11.5. The molecule has 0 bridgehead atoms. The number of hydrogen-bond acceptors (Lipinski definition) is 8. The smallest absolute Gasteiger partial charge is 0.229 e. The van der Waals surface area contributed by atoms with Gasteiger partial charge in [0.15, 0.2) is 11.5 Å². The third-order valence-corrected chi connectivity index (χ3v) is 5.98. The molecule has 2 unspecified atom stereocenters. The molecule has 2 atom stereocenters. The fourth-order valence-electron chi connectivity index (χ4n) is 3.80. The number of aliphatic hydroxyl groups excluding tert-OH is 1. The van der Waals surface area contributed by atoms with Crippen LogP contribution < -0.4 is 14.8 Å². The number of phenols is 3. The predicted molar refractivity (Wildman–Crippen MR) is 133 cm³/mol. The zero-order valence-corrected chi connectivity index (χ0v) is 20.3. The van der Waals surface area contributed by atoms with Crippen molar-refractivity contribution >= 4 is 15.7 Å². The van der Waals surface area contributed by atoms with Crippen LogP contribution in [0.15, 0.2) is 60.7 Å². The van der Waals surface area contributed by atoms with Gasteiger partial charge in [-0.2, -0.15) is 0 Å². The van der Waals surface area contributed by atoms with Gasteiger partial charge in [0, 0.05) is 12.6 Å². The summed E-state index contributed by atoms with van der Waals surface area (Å²) in [5.74, 6) is -0.622. The fourth-order valence-corrected chi connectivity index (χ4v) is 4.36. The van der Waals surface area contributed by atoms with Crippen LogP contribution in [0.5, 0.6) is 23.0 Å². The number of aliphatic hydroxyl groups is 1. The Labute approximate surface area is 204 Å². The maximum Gasteiger partial charge on any atom is 0.229 e. The first-order chi connectivity index (χ1) is 16.6. The molecule has 0 fully saturated rings. The van der Waals surface area contributed by atoms with E-state index in [0.717, 1.165) is 11.8 Å². The van der Waals surface area contributed by atoms with E-state index in [-0.39, 0.29) is 47.7 Å². The SMILES string of the molecule is COc1c(O)cc(C(Cc2ccccc2)NCC(O)Cc2ccc(O)c(NS(C)(=O)=O)c2)cc1O. The highest BCUT2D eigenvalue weighted by Gasteiger charge is 2.19. The van der Waals surface area contributed by atoms with Gasteiger partial charge < -0.3 is 30.5 Å². The van der Waals surface area contributed by atoms with Gasteiger partial charge in [0.25, 0.3) is 0 Å². The summed E-state index contributed by atoms with van der Waals surface area (Å²) in [6.07, 6.45) is 0.868. The summed E-state index contributed by atoms with van der Waals surface area (Å²) in [5.41, 5.74) is 2.30. The van der Waals surface area contributed by atoms with E-state index in [1.807, 2.05) is 30.3 Å². The van der Waals surface area contributed by atoms with Gasteiger partial charge in [-0.1, -0.05) is 36.4 Å². The topological polar surface area (TPSA) is 148 Å². The van der Waals surface area contributed by atoms with Crippen LogP contribution >= 0.6 is 0 Å². The molecule has 0 saturated carbocycles. The number of sulfonamides is 1. The Kier molecular flexibility index (Phi) is 8.44. The van der Waals surface area contributed by atoms with E-state index < -0.39 is 16.1 Å². The molecule has 3 aromatic carbocycles. The molecule has 3 aromatic rings. The van der Waals surface area contributed by atoms with Crippen LogP contribution in [-0.4, -0.2) is 54.9 Å². The summed E-state index contributed by atoms with van der Waals surface area (Å²) < 4.78 is 30.3.